The first-order valence-corrected chi connectivity index (χ1v) is 6.90. The predicted molar refractivity (Wildman–Crippen MR) is 77.7 cm³/mol. The Morgan fingerprint density at radius 1 is 1.33 bits per heavy atom. The Balaban J connectivity index is 2.25. The van der Waals surface area contributed by atoms with E-state index in [0.717, 1.165) is 22.6 Å². The normalized spacial score (nSPS) is 12.1. The van der Waals surface area contributed by atoms with Crippen molar-refractivity contribution in [1.29, 1.82) is 0 Å². The first-order chi connectivity index (χ1) is 10.0. The lowest BCUT2D eigenvalue weighted by Crippen LogP contribution is -2.15. The van der Waals surface area contributed by atoms with Crippen LogP contribution in [-0.4, -0.2) is 22.8 Å². The number of aliphatic carboxylic acids is 1. The van der Waals surface area contributed by atoms with E-state index in [2.05, 4.69) is 5.16 Å². The molecule has 1 unspecified atom stereocenters. The van der Waals surface area contributed by atoms with Gasteiger partial charge in [-0.1, -0.05) is 17.3 Å². The van der Waals surface area contributed by atoms with Crippen molar-refractivity contribution in [2.45, 2.75) is 33.1 Å². The molecule has 0 fully saturated rings. The lowest BCUT2D eigenvalue weighted by molar-refractivity contribution is -0.138. The highest BCUT2D eigenvalue weighted by atomic mass is 16.5. The lowest BCUT2D eigenvalue weighted by Gasteiger charge is -2.13. The summed E-state index contributed by atoms with van der Waals surface area (Å²) in [6.45, 7) is 6.11. The van der Waals surface area contributed by atoms with Crippen LogP contribution in [0.5, 0.6) is 5.75 Å². The number of hydrogen-bond donors (Lipinski definition) is 1. The standard InChI is InChI=1S/C16H19NO4/c1-4-20-13-7-5-12(6-8-13)15(16(18)19)9-14-10(2)17-21-11(14)3/h5-8,15H,4,9H2,1-3H3,(H,18,19). The van der Waals surface area contributed by atoms with E-state index in [4.69, 9.17) is 9.26 Å². The Morgan fingerprint density at radius 3 is 2.48 bits per heavy atom. The van der Waals surface area contributed by atoms with Gasteiger partial charge in [-0.25, -0.2) is 0 Å². The minimum absolute atomic E-state index is 0.366. The summed E-state index contributed by atoms with van der Waals surface area (Å²) in [5.41, 5.74) is 2.34. The molecule has 1 heterocycles. The van der Waals surface area contributed by atoms with Crippen LogP contribution in [0.3, 0.4) is 0 Å². The molecule has 112 valence electrons. The van der Waals surface area contributed by atoms with Crippen LogP contribution in [0.2, 0.25) is 0 Å². The zero-order valence-corrected chi connectivity index (χ0v) is 12.4. The summed E-state index contributed by atoms with van der Waals surface area (Å²) in [4.78, 5) is 11.6. The van der Waals surface area contributed by atoms with Crippen molar-refractivity contribution in [3.63, 3.8) is 0 Å². The maximum atomic E-state index is 11.6. The van der Waals surface area contributed by atoms with Crippen LogP contribution < -0.4 is 4.74 Å². The van der Waals surface area contributed by atoms with Crippen molar-refractivity contribution < 1.29 is 19.2 Å². The van der Waals surface area contributed by atoms with Gasteiger partial charge in [0.2, 0.25) is 0 Å². The first-order valence-electron chi connectivity index (χ1n) is 6.90. The van der Waals surface area contributed by atoms with Gasteiger partial charge in [-0.3, -0.25) is 4.79 Å². The summed E-state index contributed by atoms with van der Waals surface area (Å²) in [5.74, 6) is -0.0796. The molecule has 0 aliphatic rings. The van der Waals surface area contributed by atoms with E-state index in [-0.39, 0.29) is 0 Å². The van der Waals surface area contributed by atoms with E-state index >= 15 is 0 Å². The van der Waals surface area contributed by atoms with Crippen molar-refractivity contribution in [3.05, 3.63) is 46.8 Å². The molecule has 0 bridgehead atoms. The number of nitrogens with zero attached hydrogens (tertiary/aromatic N) is 1. The zero-order valence-electron chi connectivity index (χ0n) is 12.4. The molecule has 0 spiro atoms. The van der Waals surface area contributed by atoms with Gasteiger partial charge >= 0.3 is 5.97 Å². The van der Waals surface area contributed by atoms with Crippen molar-refractivity contribution in [3.8, 4) is 5.75 Å². The molecule has 1 aromatic heterocycles. The van der Waals surface area contributed by atoms with Gasteiger partial charge in [0.1, 0.15) is 11.5 Å². The number of ether oxygens (including phenoxy) is 1. The van der Waals surface area contributed by atoms with E-state index in [1.807, 2.05) is 13.8 Å². The Kier molecular flexibility index (Phi) is 4.62. The fourth-order valence-corrected chi connectivity index (χ4v) is 2.31. The minimum Gasteiger partial charge on any atom is -0.494 e. The quantitative estimate of drug-likeness (QED) is 0.884. The molecule has 21 heavy (non-hydrogen) atoms. The summed E-state index contributed by atoms with van der Waals surface area (Å²) < 4.78 is 10.5. The van der Waals surface area contributed by atoms with Gasteiger partial charge in [0.15, 0.2) is 0 Å². The van der Waals surface area contributed by atoms with Gasteiger partial charge in [0.25, 0.3) is 0 Å². The zero-order chi connectivity index (χ0) is 15.4. The highest BCUT2D eigenvalue weighted by Crippen LogP contribution is 2.26. The molecule has 0 aliphatic carbocycles. The van der Waals surface area contributed by atoms with Gasteiger partial charge in [-0.05, 0) is 44.9 Å². The highest BCUT2D eigenvalue weighted by Gasteiger charge is 2.23. The van der Waals surface area contributed by atoms with Crippen LogP contribution in [0.15, 0.2) is 28.8 Å². The Morgan fingerprint density at radius 2 is 2.00 bits per heavy atom. The van der Waals surface area contributed by atoms with Gasteiger partial charge < -0.3 is 14.4 Å². The van der Waals surface area contributed by atoms with Gasteiger partial charge in [-0.15, -0.1) is 0 Å². The van der Waals surface area contributed by atoms with Crippen LogP contribution >= 0.6 is 0 Å². The molecule has 2 aromatic rings. The van der Waals surface area contributed by atoms with Crippen molar-refractivity contribution >= 4 is 5.97 Å². The molecule has 0 amide bonds. The number of aryl methyl sites for hydroxylation is 2. The second-order valence-corrected chi connectivity index (χ2v) is 4.90. The monoisotopic (exact) mass is 289 g/mol. The van der Waals surface area contributed by atoms with Crippen LogP contribution in [0.1, 0.15) is 35.4 Å². The van der Waals surface area contributed by atoms with Gasteiger partial charge in [0, 0.05) is 5.56 Å². The molecule has 0 radical (unpaired) electrons. The molecule has 2 rings (SSSR count). The molecule has 0 aliphatic heterocycles. The Hall–Kier alpha value is -2.30. The summed E-state index contributed by atoms with van der Waals surface area (Å²) >= 11 is 0. The average Bonchev–Trinajstić information content (AvgIpc) is 2.77. The van der Waals surface area contributed by atoms with Crippen LogP contribution in [-0.2, 0) is 11.2 Å². The van der Waals surface area contributed by atoms with E-state index in [1.165, 1.54) is 0 Å². The van der Waals surface area contributed by atoms with Gasteiger partial charge in [0.05, 0.1) is 18.2 Å². The third kappa shape index (κ3) is 3.42. The first kappa shape index (κ1) is 15.1. The Labute approximate surface area is 123 Å². The Bertz CT molecular complexity index is 596. The van der Waals surface area contributed by atoms with Crippen molar-refractivity contribution in [2.24, 2.45) is 0 Å². The summed E-state index contributed by atoms with van der Waals surface area (Å²) in [5, 5.41) is 13.4. The number of benzene rings is 1. The molecular formula is C16H19NO4. The van der Waals surface area contributed by atoms with Crippen molar-refractivity contribution in [1.82, 2.24) is 5.16 Å². The third-order valence-electron chi connectivity index (χ3n) is 3.48. The van der Waals surface area contributed by atoms with Crippen LogP contribution in [0, 0.1) is 13.8 Å². The molecule has 0 saturated heterocycles. The average molecular weight is 289 g/mol. The number of aromatic nitrogens is 1. The maximum Gasteiger partial charge on any atom is 0.311 e. The fraction of sp³-hybridized carbons (Fsp3) is 0.375. The number of hydrogen-bond acceptors (Lipinski definition) is 4. The minimum atomic E-state index is -0.862. The number of carboxylic acid groups (broad SMARTS) is 1. The summed E-state index contributed by atoms with van der Waals surface area (Å²) in [7, 11) is 0. The SMILES string of the molecule is CCOc1ccc(C(Cc2c(C)noc2C)C(=O)O)cc1. The molecular weight excluding hydrogens is 270 g/mol. The van der Waals surface area contributed by atoms with E-state index in [1.54, 1.807) is 31.2 Å². The smallest absolute Gasteiger partial charge is 0.311 e. The second-order valence-electron chi connectivity index (χ2n) is 4.90. The van der Waals surface area contributed by atoms with Crippen LogP contribution in [0.4, 0.5) is 0 Å². The highest BCUT2D eigenvalue weighted by molar-refractivity contribution is 5.76. The number of carboxylic acids is 1. The molecule has 1 atom stereocenters. The lowest BCUT2D eigenvalue weighted by atomic mass is 9.91. The molecule has 1 aromatic carbocycles. The number of carbonyl (C=O) groups is 1. The second kappa shape index (κ2) is 6.43. The molecule has 5 heteroatoms. The van der Waals surface area contributed by atoms with Crippen LogP contribution in [0.25, 0.3) is 0 Å². The topological polar surface area (TPSA) is 72.6 Å². The molecule has 5 nitrogen and oxygen atoms in total. The summed E-state index contributed by atoms with van der Waals surface area (Å²) in [6, 6.07) is 7.17. The summed E-state index contributed by atoms with van der Waals surface area (Å²) in [6.07, 6.45) is 0.366. The van der Waals surface area contributed by atoms with Gasteiger partial charge in [-0.2, -0.15) is 0 Å². The van der Waals surface area contributed by atoms with E-state index in [9.17, 15) is 9.90 Å². The fourth-order valence-electron chi connectivity index (χ4n) is 2.31. The maximum absolute atomic E-state index is 11.6. The third-order valence-corrected chi connectivity index (χ3v) is 3.48. The molecule has 0 saturated carbocycles. The number of rotatable bonds is 6. The molecule has 1 N–H and O–H groups in total. The largest absolute Gasteiger partial charge is 0.494 e. The van der Waals surface area contributed by atoms with Crippen molar-refractivity contribution in [2.75, 3.05) is 6.61 Å². The van der Waals surface area contributed by atoms with E-state index in [0.29, 0.717) is 18.8 Å². The van der Waals surface area contributed by atoms with E-state index < -0.39 is 11.9 Å². The predicted octanol–water partition coefficient (Wildman–Crippen LogP) is 3.10.